The summed E-state index contributed by atoms with van der Waals surface area (Å²) in [7, 11) is 0. The first-order valence-electron chi connectivity index (χ1n) is 6.25. The van der Waals surface area contributed by atoms with Gasteiger partial charge in [0.05, 0.1) is 12.8 Å². The van der Waals surface area contributed by atoms with Crippen LogP contribution in [0.5, 0.6) is 0 Å². The maximum absolute atomic E-state index is 11.3. The molecule has 0 aromatic rings. The van der Waals surface area contributed by atoms with Crippen LogP contribution in [-0.4, -0.2) is 44.0 Å². The van der Waals surface area contributed by atoms with E-state index in [9.17, 15) is 14.4 Å². The quantitative estimate of drug-likeness (QED) is 0.194. The minimum atomic E-state index is -0.637. The Morgan fingerprint density at radius 2 is 1.70 bits per heavy atom. The molecule has 0 aliphatic rings. The van der Waals surface area contributed by atoms with E-state index >= 15 is 0 Å². The van der Waals surface area contributed by atoms with Gasteiger partial charge < -0.3 is 18.9 Å². The van der Waals surface area contributed by atoms with Crippen LogP contribution in [0.15, 0.2) is 12.7 Å². The van der Waals surface area contributed by atoms with Gasteiger partial charge in [0.15, 0.2) is 6.29 Å². The summed E-state index contributed by atoms with van der Waals surface area (Å²) >= 11 is 0. The fraction of sp³-hybridized carbons (Fsp3) is 0.615. The summed E-state index contributed by atoms with van der Waals surface area (Å²) in [6.45, 7) is 6.90. The second-order valence-corrected chi connectivity index (χ2v) is 3.60. The molecule has 0 fully saturated rings. The molecule has 0 saturated carbocycles. The number of hydrogen-bond acceptors (Lipinski definition) is 7. The maximum atomic E-state index is 11.3. The molecule has 0 bridgehead atoms. The highest BCUT2D eigenvalue weighted by Gasteiger charge is 2.12. The van der Waals surface area contributed by atoms with Crippen LogP contribution in [0.4, 0.5) is 0 Å². The van der Waals surface area contributed by atoms with Gasteiger partial charge >= 0.3 is 17.9 Å². The van der Waals surface area contributed by atoms with E-state index in [1.807, 2.05) is 0 Å². The van der Waals surface area contributed by atoms with Crippen LogP contribution in [0.2, 0.25) is 0 Å². The Kier molecular flexibility index (Phi) is 9.94. The van der Waals surface area contributed by atoms with Crippen molar-refractivity contribution < 1.29 is 33.3 Å². The first kappa shape index (κ1) is 18.1. The smallest absolute Gasteiger partial charge is 0.330 e. The summed E-state index contributed by atoms with van der Waals surface area (Å²) in [4.78, 5) is 33.2. The van der Waals surface area contributed by atoms with Crippen molar-refractivity contribution in [2.24, 2.45) is 0 Å². The molecule has 0 aliphatic carbocycles. The van der Waals surface area contributed by atoms with Crippen LogP contribution in [0.3, 0.4) is 0 Å². The van der Waals surface area contributed by atoms with Crippen LogP contribution in [0, 0.1) is 0 Å². The lowest BCUT2D eigenvalue weighted by atomic mass is 10.3. The monoisotopic (exact) mass is 288 g/mol. The van der Waals surface area contributed by atoms with Crippen LogP contribution in [-0.2, 0) is 33.3 Å². The van der Waals surface area contributed by atoms with E-state index in [1.165, 1.54) is 0 Å². The largest absolute Gasteiger partial charge is 0.462 e. The van der Waals surface area contributed by atoms with E-state index in [0.29, 0.717) is 6.61 Å². The fourth-order valence-electron chi connectivity index (χ4n) is 1.15. The summed E-state index contributed by atoms with van der Waals surface area (Å²) in [5.41, 5.74) is 0. The second-order valence-electron chi connectivity index (χ2n) is 3.60. The molecule has 0 spiro atoms. The summed E-state index contributed by atoms with van der Waals surface area (Å²) in [6.07, 6.45) is 0.175. The average Bonchev–Trinajstić information content (AvgIpc) is 2.41. The molecule has 7 nitrogen and oxygen atoms in total. The molecule has 0 radical (unpaired) electrons. The Morgan fingerprint density at radius 1 is 1.10 bits per heavy atom. The number of esters is 3. The van der Waals surface area contributed by atoms with Gasteiger partial charge in [0.2, 0.25) is 0 Å². The Morgan fingerprint density at radius 3 is 2.30 bits per heavy atom. The van der Waals surface area contributed by atoms with E-state index in [-0.39, 0.29) is 26.1 Å². The van der Waals surface area contributed by atoms with Crippen molar-refractivity contribution in [2.45, 2.75) is 33.0 Å². The number of rotatable bonds is 10. The molecule has 0 saturated heterocycles. The normalized spacial score (nSPS) is 11.3. The van der Waals surface area contributed by atoms with E-state index in [1.54, 1.807) is 13.8 Å². The molecule has 0 aromatic carbocycles. The van der Waals surface area contributed by atoms with Crippen LogP contribution >= 0.6 is 0 Å². The highest BCUT2D eigenvalue weighted by molar-refractivity contribution is 5.81. The summed E-state index contributed by atoms with van der Waals surface area (Å²) in [5, 5.41) is 0. The number of carbonyl (C=O) groups is 3. The first-order chi connectivity index (χ1) is 9.49. The highest BCUT2D eigenvalue weighted by Crippen LogP contribution is 2.00. The standard InChI is InChI=1S/C13H20O7/c1-4-11(14)18-8-9-19-12(15)6-7-13(16)20-10(3)17-5-2/h4,10H,1,5-9H2,2-3H3. The molecule has 114 valence electrons. The van der Waals surface area contributed by atoms with Crippen molar-refractivity contribution >= 4 is 17.9 Å². The lowest BCUT2D eigenvalue weighted by molar-refractivity contribution is -0.175. The zero-order valence-corrected chi connectivity index (χ0v) is 11.8. The van der Waals surface area contributed by atoms with Crippen molar-refractivity contribution in [1.82, 2.24) is 0 Å². The van der Waals surface area contributed by atoms with E-state index < -0.39 is 24.2 Å². The molecule has 0 N–H and O–H groups in total. The van der Waals surface area contributed by atoms with Crippen LogP contribution in [0.25, 0.3) is 0 Å². The average molecular weight is 288 g/mol. The first-order valence-corrected chi connectivity index (χ1v) is 6.25. The molecular weight excluding hydrogens is 268 g/mol. The summed E-state index contributed by atoms with van der Waals surface area (Å²) in [6, 6.07) is 0. The fourth-order valence-corrected chi connectivity index (χ4v) is 1.15. The number of ether oxygens (including phenoxy) is 4. The van der Waals surface area contributed by atoms with Gasteiger partial charge in [0.1, 0.15) is 13.2 Å². The van der Waals surface area contributed by atoms with Crippen molar-refractivity contribution in [3.63, 3.8) is 0 Å². The predicted molar refractivity (Wildman–Crippen MR) is 68.5 cm³/mol. The molecule has 0 heterocycles. The third-order valence-corrected chi connectivity index (χ3v) is 1.99. The zero-order valence-electron chi connectivity index (χ0n) is 11.8. The number of carbonyl (C=O) groups excluding carboxylic acids is 3. The third kappa shape index (κ3) is 10.1. The van der Waals surface area contributed by atoms with E-state index in [2.05, 4.69) is 11.3 Å². The third-order valence-electron chi connectivity index (χ3n) is 1.99. The van der Waals surface area contributed by atoms with Gasteiger partial charge in [-0.3, -0.25) is 9.59 Å². The Balaban J connectivity index is 3.64. The van der Waals surface area contributed by atoms with E-state index in [4.69, 9.17) is 14.2 Å². The molecule has 0 rings (SSSR count). The molecule has 20 heavy (non-hydrogen) atoms. The second kappa shape index (κ2) is 11.0. The zero-order chi connectivity index (χ0) is 15.4. The van der Waals surface area contributed by atoms with Gasteiger partial charge in [-0.2, -0.15) is 0 Å². The molecule has 1 atom stereocenters. The molecule has 7 heteroatoms. The van der Waals surface area contributed by atoms with Gasteiger partial charge in [-0.15, -0.1) is 0 Å². The minimum absolute atomic E-state index is 0.0532. The Bertz CT molecular complexity index is 338. The van der Waals surface area contributed by atoms with Crippen molar-refractivity contribution in [3.05, 3.63) is 12.7 Å². The SMILES string of the molecule is C=CC(=O)OCCOC(=O)CCC(=O)OC(C)OCC. The van der Waals surface area contributed by atoms with Gasteiger partial charge in [-0.25, -0.2) is 4.79 Å². The Hall–Kier alpha value is -1.89. The van der Waals surface area contributed by atoms with Gasteiger partial charge in [0, 0.05) is 12.7 Å². The van der Waals surface area contributed by atoms with Crippen molar-refractivity contribution in [1.29, 1.82) is 0 Å². The lowest BCUT2D eigenvalue weighted by Crippen LogP contribution is -2.19. The lowest BCUT2D eigenvalue weighted by Gasteiger charge is -2.12. The Labute approximate surface area is 117 Å². The summed E-state index contributed by atoms with van der Waals surface area (Å²) in [5.74, 6) is -1.70. The molecular formula is C13H20O7. The molecule has 0 amide bonds. The van der Waals surface area contributed by atoms with Crippen molar-refractivity contribution in [3.8, 4) is 0 Å². The minimum Gasteiger partial charge on any atom is -0.462 e. The molecule has 0 aliphatic heterocycles. The molecule has 0 aromatic heterocycles. The van der Waals surface area contributed by atoms with Crippen molar-refractivity contribution in [2.75, 3.05) is 19.8 Å². The topological polar surface area (TPSA) is 88.1 Å². The van der Waals surface area contributed by atoms with Crippen LogP contribution in [0.1, 0.15) is 26.7 Å². The van der Waals surface area contributed by atoms with Crippen LogP contribution < -0.4 is 0 Å². The highest BCUT2D eigenvalue weighted by atomic mass is 16.7. The predicted octanol–water partition coefficient (Wildman–Crippen LogP) is 0.965. The maximum Gasteiger partial charge on any atom is 0.330 e. The van der Waals surface area contributed by atoms with Gasteiger partial charge in [0.25, 0.3) is 0 Å². The van der Waals surface area contributed by atoms with Gasteiger partial charge in [-0.05, 0) is 13.8 Å². The molecule has 1 unspecified atom stereocenters. The number of hydrogen-bond donors (Lipinski definition) is 0. The van der Waals surface area contributed by atoms with E-state index in [0.717, 1.165) is 6.08 Å². The van der Waals surface area contributed by atoms with Gasteiger partial charge in [-0.1, -0.05) is 6.58 Å². The summed E-state index contributed by atoms with van der Waals surface area (Å²) < 4.78 is 19.2.